The van der Waals surface area contributed by atoms with Crippen molar-refractivity contribution in [2.45, 2.75) is 0 Å². The summed E-state index contributed by atoms with van der Waals surface area (Å²) in [6, 6.07) is 10.4. The Morgan fingerprint density at radius 3 is 2.84 bits per heavy atom. The molecule has 3 aromatic heterocycles. The molecule has 7 nitrogen and oxygen atoms in total. The van der Waals surface area contributed by atoms with Gasteiger partial charge in [-0.2, -0.15) is 0 Å². The van der Waals surface area contributed by atoms with E-state index in [9.17, 15) is 4.79 Å². The average molecular weight is 351 g/mol. The van der Waals surface area contributed by atoms with E-state index in [1.165, 1.54) is 12.4 Å². The van der Waals surface area contributed by atoms with Crippen LogP contribution in [0.1, 0.15) is 0 Å². The fraction of sp³-hybridized carbons (Fsp3) is 0. The Morgan fingerprint density at radius 2 is 2.04 bits per heavy atom. The highest BCUT2D eigenvalue weighted by atomic mass is 35.5. The summed E-state index contributed by atoms with van der Waals surface area (Å²) in [7, 11) is 0. The zero-order valence-electron chi connectivity index (χ0n) is 12.8. The van der Waals surface area contributed by atoms with E-state index in [4.69, 9.17) is 11.6 Å². The molecule has 0 aliphatic carbocycles. The molecule has 0 aliphatic rings. The van der Waals surface area contributed by atoms with E-state index >= 15 is 0 Å². The molecule has 0 spiro atoms. The van der Waals surface area contributed by atoms with Gasteiger partial charge in [0, 0.05) is 34.6 Å². The van der Waals surface area contributed by atoms with Crippen LogP contribution in [-0.4, -0.2) is 29.9 Å². The molecule has 0 fully saturated rings. The molecule has 0 bridgehead atoms. The molecule has 0 aliphatic heterocycles. The molecule has 1 aromatic carbocycles. The SMILES string of the molecule is O=c1cc(-c2cc(Cl)ccc2-n2cc(-c3cccnc3)nn2)nc[nH]1. The Morgan fingerprint density at radius 1 is 1.12 bits per heavy atom. The van der Waals surface area contributed by atoms with Crippen LogP contribution < -0.4 is 5.56 Å². The number of halogens is 1. The third-order valence-corrected chi connectivity index (χ3v) is 3.85. The van der Waals surface area contributed by atoms with Crippen molar-refractivity contribution >= 4 is 11.6 Å². The van der Waals surface area contributed by atoms with Gasteiger partial charge in [-0.25, -0.2) is 9.67 Å². The Hall–Kier alpha value is -3.32. The van der Waals surface area contributed by atoms with Gasteiger partial charge < -0.3 is 4.98 Å². The molecular formula is C17H11ClN6O. The predicted molar refractivity (Wildman–Crippen MR) is 93.5 cm³/mol. The van der Waals surface area contributed by atoms with E-state index < -0.39 is 0 Å². The van der Waals surface area contributed by atoms with Gasteiger partial charge >= 0.3 is 0 Å². The molecule has 4 rings (SSSR count). The molecule has 0 unspecified atom stereocenters. The fourth-order valence-corrected chi connectivity index (χ4v) is 2.63. The number of hydrogen-bond acceptors (Lipinski definition) is 5. The van der Waals surface area contributed by atoms with Gasteiger partial charge in [-0.3, -0.25) is 9.78 Å². The molecule has 3 heterocycles. The van der Waals surface area contributed by atoms with E-state index in [1.54, 1.807) is 35.4 Å². The maximum Gasteiger partial charge on any atom is 0.251 e. The maximum absolute atomic E-state index is 11.6. The van der Waals surface area contributed by atoms with Gasteiger partial charge in [0.15, 0.2) is 0 Å². The van der Waals surface area contributed by atoms with Crippen molar-refractivity contribution in [2.75, 3.05) is 0 Å². The van der Waals surface area contributed by atoms with Gasteiger partial charge in [0.05, 0.1) is 23.9 Å². The average Bonchev–Trinajstić information content (AvgIpc) is 3.12. The van der Waals surface area contributed by atoms with Gasteiger partial charge in [-0.05, 0) is 30.3 Å². The van der Waals surface area contributed by atoms with Crippen LogP contribution in [0.3, 0.4) is 0 Å². The Labute approximate surface area is 147 Å². The van der Waals surface area contributed by atoms with E-state index in [1.807, 2.05) is 18.2 Å². The van der Waals surface area contributed by atoms with Crippen molar-refractivity contribution in [3.8, 4) is 28.2 Å². The number of aromatic amines is 1. The second-order valence-corrected chi connectivity index (χ2v) is 5.68. The molecule has 0 saturated heterocycles. The normalized spacial score (nSPS) is 10.8. The summed E-state index contributed by atoms with van der Waals surface area (Å²) in [6.45, 7) is 0. The molecule has 0 radical (unpaired) electrons. The molecule has 25 heavy (non-hydrogen) atoms. The summed E-state index contributed by atoms with van der Waals surface area (Å²) >= 11 is 6.13. The number of benzene rings is 1. The van der Waals surface area contributed by atoms with Gasteiger partial charge in [0.1, 0.15) is 5.69 Å². The highest BCUT2D eigenvalue weighted by Gasteiger charge is 2.13. The third kappa shape index (κ3) is 3.05. The quantitative estimate of drug-likeness (QED) is 0.613. The maximum atomic E-state index is 11.6. The first-order valence-corrected chi connectivity index (χ1v) is 7.76. The second kappa shape index (κ2) is 6.29. The minimum absolute atomic E-state index is 0.245. The van der Waals surface area contributed by atoms with E-state index in [2.05, 4.69) is 25.3 Å². The highest BCUT2D eigenvalue weighted by Crippen LogP contribution is 2.28. The topological polar surface area (TPSA) is 89.3 Å². The van der Waals surface area contributed by atoms with E-state index in [-0.39, 0.29) is 5.56 Å². The summed E-state index contributed by atoms with van der Waals surface area (Å²) in [5, 5.41) is 8.91. The number of pyridine rings is 1. The van der Waals surface area contributed by atoms with Crippen molar-refractivity contribution in [3.63, 3.8) is 0 Å². The number of rotatable bonds is 3. The van der Waals surface area contributed by atoms with Crippen molar-refractivity contribution in [2.24, 2.45) is 0 Å². The molecule has 122 valence electrons. The van der Waals surface area contributed by atoms with Gasteiger partial charge in [-0.15, -0.1) is 5.10 Å². The van der Waals surface area contributed by atoms with E-state index in [0.29, 0.717) is 27.7 Å². The first-order valence-electron chi connectivity index (χ1n) is 7.38. The number of hydrogen-bond donors (Lipinski definition) is 1. The monoisotopic (exact) mass is 350 g/mol. The van der Waals surface area contributed by atoms with E-state index in [0.717, 1.165) is 5.56 Å². The zero-order valence-corrected chi connectivity index (χ0v) is 13.6. The first-order chi connectivity index (χ1) is 12.2. The largest absolute Gasteiger partial charge is 0.313 e. The lowest BCUT2D eigenvalue weighted by Crippen LogP contribution is -2.06. The summed E-state index contributed by atoms with van der Waals surface area (Å²) in [5.74, 6) is 0. The van der Waals surface area contributed by atoms with Gasteiger partial charge in [0.25, 0.3) is 5.56 Å². The van der Waals surface area contributed by atoms with Gasteiger partial charge in [-0.1, -0.05) is 16.8 Å². The second-order valence-electron chi connectivity index (χ2n) is 5.25. The lowest BCUT2D eigenvalue weighted by Gasteiger charge is -2.08. The summed E-state index contributed by atoms with van der Waals surface area (Å²) in [5.41, 5.74) is 3.20. The van der Waals surface area contributed by atoms with Crippen LogP contribution in [0.25, 0.3) is 28.2 Å². The van der Waals surface area contributed by atoms with Crippen LogP contribution in [0, 0.1) is 0 Å². The minimum Gasteiger partial charge on any atom is -0.313 e. The predicted octanol–water partition coefficient (Wildman–Crippen LogP) is 2.73. The Kier molecular flexibility index (Phi) is 3.83. The standard InChI is InChI=1S/C17H11ClN6O/c18-12-3-4-16(13(6-12)14-7-17(25)21-10-20-14)24-9-15(22-23-24)11-2-1-5-19-8-11/h1-10H,(H,20,21,25). The number of H-pyrrole nitrogens is 1. The summed E-state index contributed by atoms with van der Waals surface area (Å²) < 4.78 is 1.62. The molecule has 1 N–H and O–H groups in total. The van der Waals surface area contributed by atoms with Crippen LogP contribution in [0.4, 0.5) is 0 Å². The lowest BCUT2D eigenvalue weighted by molar-refractivity contribution is 0.804. The summed E-state index contributed by atoms with van der Waals surface area (Å²) in [6.07, 6.45) is 6.56. The number of aromatic nitrogens is 6. The Balaban J connectivity index is 1.84. The van der Waals surface area contributed by atoms with Crippen LogP contribution in [-0.2, 0) is 0 Å². The number of nitrogens with one attached hydrogen (secondary N) is 1. The highest BCUT2D eigenvalue weighted by molar-refractivity contribution is 6.31. The first kappa shape index (κ1) is 15.2. The molecule has 0 amide bonds. The van der Waals surface area contributed by atoms with Crippen LogP contribution in [0.2, 0.25) is 5.02 Å². The number of nitrogens with zero attached hydrogens (tertiary/aromatic N) is 5. The smallest absolute Gasteiger partial charge is 0.251 e. The molecule has 0 saturated carbocycles. The van der Waals surface area contributed by atoms with Crippen molar-refractivity contribution < 1.29 is 0 Å². The van der Waals surface area contributed by atoms with Crippen molar-refractivity contribution in [3.05, 3.63) is 76.7 Å². The van der Waals surface area contributed by atoms with Gasteiger partial charge in [0.2, 0.25) is 0 Å². The minimum atomic E-state index is -0.245. The summed E-state index contributed by atoms with van der Waals surface area (Å²) in [4.78, 5) is 22.4. The fourth-order valence-electron chi connectivity index (χ4n) is 2.46. The zero-order chi connectivity index (χ0) is 17.2. The van der Waals surface area contributed by atoms with Crippen molar-refractivity contribution in [1.82, 2.24) is 29.9 Å². The third-order valence-electron chi connectivity index (χ3n) is 3.61. The molecule has 8 heteroatoms. The lowest BCUT2D eigenvalue weighted by atomic mass is 10.1. The molecule has 0 atom stereocenters. The van der Waals surface area contributed by atoms with Crippen LogP contribution in [0.15, 0.2) is 66.1 Å². The molecular weight excluding hydrogens is 340 g/mol. The van der Waals surface area contributed by atoms with Crippen LogP contribution >= 0.6 is 11.6 Å². The van der Waals surface area contributed by atoms with Crippen LogP contribution in [0.5, 0.6) is 0 Å². The molecule has 4 aromatic rings. The van der Waals surface area contributed by atoms with Crippen molar-refractivity contribution in [1.29, 1.82) is 0 Å². The Bertz CT molecular complexity index is 1090.